The standard InChI is InChI=1S/C21H21N3O5S/c1-3-27-21(26)24-9-8-13-14(10-22)20(30-17(13)11-24)23-19(25)18-12(2)28-15-6-4-5-7-16(15)29-18/h4-7,12,18H,3,8-9,11H2,1-2H3,(H,23,25). The Morgan fingerprint density at radius 3 is 2.77 bits per heavy atom. The van der Waals surface area contributed by atoms with Gasteiger partial charge in [-0.15, -0.1) is 11.3 Å². The Balaban J connectivity index is 1.52. The average Bonchev–Trinajstić information content (AvgIpc) is 3.09. The second kappa shape index (κ2) is 8.24. The lowest BCUT2D eigenvalue weighted by molar-refractivity contribution is -0.127. The quantitative estimate of drug-likeness (QED) is 0.807. The van der Waals surface area contributed by atoms with Crippen LogP contribution in [0, 0.1) is 11.3 Å². The highest BCUT2D eigenvalue weighted by atomic mass is 32.1. The fourth-order valence-corrected chi connectivity index (χ4v) is 4.79. The topological polar surface area (TPSA) is 101 Å². The summed E-state index contributed by atoms with van der Waals surface area (Å²) in [5, 5.41) is 13.0. The minimum atomic E-state index is -0.846. The summed E-state index contributed by atoms with van der Waals surface area (Å²) in [7, 11) is 0. The first kappa shape index (κ1) is 20.0. The van der Waals surface area contributed by atoms with Gasteiger partial charge in [0.1, 0.15) is 17.2 Å². The molecule has 0 aliphatic carbocycles. The molecule has 2 amide bonds. The van der Waals surface area contributed by atoms with E-state index in [1.54, 1.807) is 30.9 Å². The van der Waals surface area contributed by atoms with E-state index in [4.69, 9.17) is 14.2 Å². The van der Waals surface area contributed by atoms with Gasteiger partial charge in [-0.3, -0.25) is 4.79 Å². The summed E-state index contributed by atoms with van der Waals surface area (Å²) in [4.78, 5) is 27.4. The number of benzene rings is 1. The van der Waals surface area contributed by atoms with Crippen LogP contribution in [-0.2, 0) is 22.5 Å². The molecule has 2 aliphatic heterocycles. The summed E-state index contributed by atoms with van der Waals surface area (Å²) in [6.45, 7) is 4.66. The van der Waals surface area contributed by atoms with E-state index in [2.05, 4.69) is 11.4 Å². The summed E-state index contributed by atoms with van der Waals surface area (Å²) in [5.74, 6) is 0.721. The Bertz CT molecular complexity index is 1030. The van der Waals surface area contributed by atoms with Gasteiger partial charge in [-0.25, -0.2) is 4.79 Å². The zero-order valence-electron chi connectivity index (χ0n) is 16.6. The molecule has 3 heterocycles. The van der Waals surface area contributed by atoms with Crippen molar-refractivity contribution in [2.75, 3.05) is 18.5 Å². The molecule has 0 spiro atoms. The molecule has 2 atom stereocenters. The van der Waals surface area contributed by atoms with Gasteiger partial charge in [-0.1, -0.05) is 12.1 Å². The molecular weight excluding hydrogens is 406 g/mol. The Morgan fingerprint density at radius 2 is 2.07 bits per heavy atom. The molecule has 0 bridgehead atoms. The molecule has 1 N–H and O–H groups in total. The van der Waals surface area contributed by atoms with Crippen LogP contribution in [0.2, 0.25) is 0 Å². The van der Waals surface area contributed by atoms with Crippen molar-refractivity contribution in [1.29, 1.82) is 5.26 Å². The Kier molecular flexibility index (Phi) is 5.50. The van der Waals surface area contributed by atoms with E-state index in [0.717, 1.165) is 10.4 Å². The smallest absolute Gasteiger partial charge is 0.410 e. The van der Waals surface area contributed by atoms with Crippen LogP contribution in [0.5, 0.6) is 11.5 Å². The lowest BCUT2D eigenvalue weighted by Crippen LogP contribution is -2.46. The normalized spacial score (nSPS) is 19.4. The number of rotatable bonds is 3. The van der Waals surface area contributed by atoms with Crippen molar-refractivity contribution in [2.45, 2.75) is 39.0 Å². The molecule has 0 saturated heterocycles. The number of hydrogen-bond acceptors (Lipinski definition) is 7. The monoisotopic (exact) mass is 427 g/mol. The molecular formula is C21H21N3O5S. The van der Waals surface area contributed by atoms with Gasteiger partial charge in [0.15, 0.2) is 11.5 Å². The summed E-state index contributed by atoms with van der Waals surface area (Å²) in [5.41, 5.74) is 1.31. The zero-order valence-corrected chi connectivity index (χ0v) is 17.5. The van der Waals surface area contributed by atoms with Crippen molar-refractivity contribution in [3.63, 3.8) is 0 Å². The first-order chi connectivity index (χ1) is 14.5. The number of nitriles is 1. The van der Waals surface area contributed by atoms with Crippen LogP contribution < -0.4 is 14.8 Å². The molecule has 2 unspecified atom stereocenters. The van der Waals surface area contributed by atoms with Gasteiger partial charge >= 0.3 is 6.09 Å². The van der Waals surface area contributed by atoms with Gasteiger partial charge < -0.3 is 24.4 Å². The highest BCUT2D eigenvalue weighted by molar-refractivity contribution is 7.16. The maximum atomic E-state index is 12.9. The van der Waals surface area contributed by atoms with Gasteiger partial charge in [-0.05, 0) is 38.0 Å². The SMILES string of the molecule is CCOC(=O)N1CCc2c(sc(NC(=O)C3Oc4ccccc4OC3C)c2C#N)C1. The number of carbonyl (C=O) groups excluding carboxylic acids is 2. The fourth-order valence-electron chi connectivity index (χ4n) is 3.57. The number of amides is 2. The van der Waals surface area contributed by atoms with Gasteiger partial charge in [0.05, 0.1) is 18.7 Å². The van der Waals surface area contributed by atoms with Crippen LogP contribution >= 0.6 is 11.3 Å². The minimum Gasteiger partial charge on any atom is -0.482 e. The van der Waals surface area contributed by atoms with Crippen molar-refractivity contribution in [2.24, 2.45) is 0 Å². The third-order valence-electron chi connectivity index (χ3n) is 5.03. The third-order valence-corrected chi connectivity index (χ3v) is 6.16. The first-order valence-electron chi connectivity index (χ1n) is 9.71. The van der Waals surface area contributed by atoms with Crippen molar-refractivity contribution >= 4 is 28.3 Å². The highest BCUT2D eigenvalue weighted by Gasteiger charge is 2.35. The van der Waals surface area contributed by atoms with Crippen LogP contribution in [0.3, 0.4) is 0 Å². The van der Waals surface area contributed by atoms with E-state index >= 15 is 0 Å². The number of nitrogens with one attached hydrogen (secondary N) is 1. The van der Waals surface area contributed by atoms with Crippen molar-refractivity contribution < 1.29 is 23.8 Å². The maximum Gasteiger partial charge on any atom is 0.410 e. The summed E-state index contributed by atoms with van der Waals surface area (Å²) < 4.78 is 16.7. The van der Waals surface area contributed by atoms with Gasteiger partial charge in [-0.2, -0.15) is 5.26 Å². The number of para-hydroxylation sites is 2. The van der Waals surface area contributed by atoms with Gasteiger partial charge in [0.2, 0.25) is 6.10 Å². The minimum absolute atomic E-state index is 0.308. The maximum absolute atomic E-state index is 12.9. The molecule has 1 aromatic carbocycles. The summed E-state index contributed by atoms with van der Waals surface area (Å²) in [6.07, 6.45) is -1.17. The fraction of sp³-hybridized carbons (Fsp3) is 0.381. The van der Waals surface area contributed by atoms with E-state index in [-0.39, 0.29) is 12.0 Å². The summed E-state index contributed by atoms with van der Waals surface area (Å²) in [6, 6.07) is 9.38. The molecule has 8 nitrogen and oxygen atoms in total. The number of carbonyl (C=O) groups is 2. The zero-order chi connectivity index (χ0) is 21.3. The number of nitrogens with zero attached hydrogens (tertiary/aromatic N) is 2. The highest BCUT2D eigenvalue weighted by Crippen LogP contribution is 2.38. The molecule has 2 aliphatic rings. The molecule has 0 fully saturated rings. The number of hydrogen-bond donors (Lipinski definition) is 1. The Morgan fingerprint density at radius 1 is 1.33 bits per heavy atom. The third kappa shape index (κ3) is 3.66. The molecule has 0 radical (unpaired) electrons. The number of anilines is 1. The van der Waals surface area contributed by atoms with Crippen LogP contribution in [-0.4, -0.2) is 42.3 Å². The molecule has 0 saturated carbocycles. The second-order valence-electron chi connectivity index (χ2n) is 6.99. The largest absolute Gasteiger partial charge is 0.482 e. The molecule has 9 heteroatoms. The van der Waals surface area contributed by atoms with E-state index in [0.29, 0.717) is 48.2 Å². The predicted octanol–water partition coefficient (Wildman–Crippen LogP) is 3.30. The molecule has 4 rings (SSSR count). The van der Waals surface area contributed by atoms with E-state index in [9.17, 15) is 14.9 Å². The summed E-state index contributed by atoms with van der Waals surface area (Å²) >= 11 is 1.30. The molecule has 30 heavy (non-hydrogen) atoms. The van der Waals surface area contributed by atoms with Crippen LogP contribution in [0.1, 0.15) is 29.9 Å². The Hall–Kier alpha value is -3.25. The van der Waals surface area contributed by atoms with Crippen LogP contribution in [0.4, 0.5) is 9.80 Å². The molecule has 156 valence electrons. The number of ether oxygens (including phenoxy) is 3. The van der Waals surface area contributed by atoms with E-state index < -0.39 is 12.2 Å². The van der Waals surface area contributed by atoms with Crippen molar-refractivity contribution in [3.8, 4) is 17.6 Å². The molecule has 2 aromatic rings. The lowest BCUT2D eigenvalue weighted by Gasteiger charge is -2.30. The Labute approximate surface area is 177 Å². The van der Waals surface area contributed by atoms with E-state index in [1.165, 1.54) is 11.3 Å². The first-order valence-corrected chi connectivity index (χ1v) is 10.5. The predicted molar refractivity (Wildman–Crippen MR) is 110 cm³/mol. The van der Waals surface area contributed by atoms with Gasteiger partial charge in [0, 0.05) is 11.4 Å². The lowest BCUT2D eigenvalue weighted by atomic mass is 10.0. The van der Waals surface area contributed by atoms with E-state index in [1.807, 2.05) is 12.1 Å². The van der Waals surface area contributed by atoms with Crippen molar-refractivity contribution in [1.82, 2.24) is 4.90 Å². The van der Waals surface area contributed by atoms with Crippen LogP contribution in [0.25, 0.3) is 0 Å². The molecule has 1 aromatic heterocycles. The second-order valence-corrected chi connectivity index (χ2v) is 8.09. The van der Waals surface area contributed by atoms with Crippen molar-refractivity contribution in [3.05, 3.63) is 40.3 Å². The van der Waals surface area contributed by atoms with Crippen LogP contribution in [0.15, 0.2) is 24.3 Å². The number of thiophene rings is 1. The average molecular weight is 427 g/mol. The number of fused-ring (bicyclic) bond motifs is 2. The van der Waals surface area contributed by atoms with Gasteiger partial charge in [0.25, 0.3) is 5.91 Å².